The quantitative estimate of drug-likeness (QED) is 0.515. The average Bonchev–Trinajstić information content (AvgIpc) is 2.66. The van der Waals surface area contributed by atoms with Gasteiger partial charge in [0.1, 0.15) is 24.4 Å². The smallest absolute Gasteiger partial charge is 0.220 e. The van der Waals surface area contributed by atoms with E-state index in [-0.39, 0.29) is 24.2 Å². The summed E-state index contributed by atoms with van der Waals surface area (Å²) < 4.78 is 17.7. The Labute approximate surface area is 175 Å². The fourth-order valence-electron chi connectivity index (χ4n) is 3.08. The van der Waals surface area contributed by atoms with Crippen LogP contribution in [0.3, 0.4) is 0 Å². The molecule has 2 rings (SSSR count). The molecule has 1 unspecified atom stereocenters. The molecule has 5 atom stereocenters. The SMILES string of the molecule is CCCC(=O)N[C@H]1C(OCc2ccccc2)O[C@H](CO[SiH2]C(C)(C)C)[C@@H](O)[C@@H]1O. The molecule has 164 valence electrons. The van der Waals surface area contributed by atoms with Gasteiger partial charge in [-0.3, -0.25) is 4.79 Å². The highest BCUT2D eigenvalue weighted by Crippen LogP contribution is 2.25. The predicted octanol–water partition coefficient (Wildman–Crippen LogP) is 1.25. The molecule has 0 aliphatic carbocycles. The van der Waals surface area contributed by atoms with E-state index in [1.54, 1.807) is 0 Å². The van der Waals surface area contributed by atoms with Gasteiger partial charge in [0, 0.05) is 6.42 Å². The zero-order valence-electron chi connectivity index (χ0n) is 17.8. The molecule has 1 fully saturated rings. The number of amides is 1. The Kier molecular flexibility index (Phi) is 9.26. The predicted molar refractivity (Wildman–Crippen MR) is 113 cm³/mol. The van der Waals surface area contributed by atoms with Crippen LogP contribution in [-0.4, -0.2) is 63.1 Å². The minimum absolute atomic E-state index is 0.109. The molecule has 1 saturated heterocycles. The highest BCUT2D eigenvalue weighted by molar-refractivity contribution is 6.31. The van der Waals surface area contributed by atoms with Crippen LogP contribution in [0.1, 0.15) is 46.1 Å². The lowest BCUT2D eigenvalue weighted by Gasteiger charge is -2.43. The van der Waals surface area contributed by atoms with Gasteiger partial charge in [-0.1, -0.05) is 58.0 Å². The van der Waals surface area contributed by atoms with Gasteiger partial charge in [0.25, 0.3) is 0 Å². The third-order valence-electron chi connectivity index (χ3n) is 4.58. The molecule has 7 nitrogen and oxygen atoms in total. The Bertz CT molecular complexity index is 623. The first-order valence-electron chi connectivity index (χ1n) is 10.3. The summed E-state index contributed by atoms with van der Waals surface area (Å²) in [6.07, 6.45) is -2.99. The molecule has 3 N–H and O–H groups in total. The number of carbonyl (C=O) groups is 1. The molecule has 29 heavy (non-hydrogen) atoms. The number of rotatable bonds is 9. The van der Waals surface area contributed by atoms with E-state index in [4.69, 9.17) is 13.9 Å². The van der Waals surface area contributed by atoms with Gasteiger partial charge in [0.2, 0.25) is 5.91 Å². The maximum Gasteiger partial charge on any atom is 0.220 e. The zero-order chi connectivity index (χ0) is 21.4. The summed E-state index contributed by atoms with van der Waals surface area (Å²) in [4.78, 5) is 12.1. The number of ether oxygens (including phenoxy) is 2. The van der Waals surface area contributed by atoms with Gasteiger partial charge < -0.3 is 29.4 Å². The number of hydrogen-bond acceptors (Lipinski definition) is 6. The Morgan fingerprint density at radius 3 is 2.52 bits per heavy atom. The van der Waals surface area contributed by atoms with Crippen molar-refractivity contribution in [2.75, 3.05) is 6.61 Å². The van der Waals surface area contributed by atoms with Crippen molar-refractivity contribution in [3.05, 3.63) is 35.9 Å². The molecule has 0 spiro atoms. The number of aliphatic hydroxyl groups is 2. The molecule has 0 saturated carbocycles. The van der Waals surface area contributed by atoms with Crippen molar-refractivity contribution in [2.24, 2.45) is 0 Å². The maximum atomic E-state index is 12.1. The van der Waals surface area contributed by atoms with Crippen molar-refractivity contribution in [1.29, 1.82) is 0 Å². The fourth-order valence-corrected chi connectivity index (χ4v) is 4.05. The first-order chi connectivity index (χ1) is 13.7. The van der Waals surface area contributed by atoms with Crippen molar-refractivity contribution in [2.45, 2.75) is 82.8 Å². The van der Waals surface area contributed by atoms with Gasteiger partial charge >= 0.3 is 0 Å². The van der Waals surface area contributed by atoms with Crippen LogP contribution in [0.4, 0.5) is 0 Å². The lowest BCUT2D eigenvalue weighted by atomic mass is 9.96. The summed E-state index contributed by atoms with van der Waals surface area (Å²) in [6, 6.07) is 8.73. The number of carbonyl (C=O) groups excluding carboxylic acids is 1. The highest BCUT2D eigenvalue weighted by atomic mass is 28.2. The van der Waals surface area contributed by atoms with E-state index in [9.17, 15) is 15.0 Å². The molecular formula is C21H35NO6Si. The van der Waals surface area contributed by atoms with Crippen LogP contribution in [0.25, 0.3) is 0 Å². The normalized spacial score (nSPS) is 28.0. The third-order valence-corrected chi connectivity index (χ3v) is 5.89. The summed E-state index contributed by atoms with van der Waals surface area (Å²) in [5, 5.41) is 24.1. The van der Waals surface area contributed by atoms with E-state index < -0.39 is 40.4 Å². The lowest BCUT2D eigenvalue weighted by Crippen LogP contribution is -2.64. The van der Waals surface area contributed by atoms with Crippen molar-refractivity contribution in [3.63, 3.8) is 0 Å². The first-order valence-corrected chi connectivity index (χ1v) is 11.5. The van der Waals surface area contributed by atoms with Gasteiger partial charge in [-0.05, 0) is 17.0 Å². The van der Waals surface area contributed by atoms with Crippen molar-refractivity contribution in [3.8, 4) is 0 Å². The van der Waals surface area contributed by atoms with E-state index in [0.29, 0.717) is 12.8 Å². The van der Waals surface area contributed by atoms with Gasteiger partial charge in [0.05, 0.1) is 13.2 Å². The number of hydrogen-bond donors (Lipinski definition) is 3. The molecule has 0 radical (unpaired) electrons. The van der Waals surface area contributed by atoms with E-state index in [1.807, 2.05) is 37.3 Å². The van der Waals surface area contributed by atoms with Crippen molar-refractivity contribution >= 4 is 15.7 Å². The van der Waals surface area contributed by atoms with Crippen LogP contribution < -0.4 is 5.32 Å². The van der Waals surface area contributed by atoms with Crippen LogP contribution in [0.2, 0.25) is 5.04 Å². The van der Waals surface area contributed by atoms with Crippen LogP contribution in [0, 0.1) is 0 Å². The topological polar surface area (TPSA) is 97.3 Å². The third kappa shape index (κ3) is 7.80. The first kappa shape index (κ1) is 24.0. The standard InChI is InChI=1S/C21H35NO6Si/c1-5-9-16(23)22-17-19(25)18(24)15(13-27-29-21(2,3)4)28-20(17)26-12-14-10-7-6-8-11-14/h6-8,10-11,15,17-20,24-25H,5,9,12-13,29H2,1-4H3,(H,22,23)/t15-,17-,18-,19-,20?/m1/s1. The highest BCUT2D eigenvalue weighted by Gasteiger charge is 2.45. The molecule has 1 amide bonds. The monoisotopic (exact) mass is 425 g/mol. The molecule has 1 aliphatic rings. The van der Waals surface area contributed by atoms with E-state index in [2.05, 4.69) is 26.1 Å². The minimum Gasteiger partial charge on any atom is -0.421 e. The Morgan fingerprint density at radius 1 is 1.21 bits per heavy atom. The second kappa shape index (κ2) is 11.2. The minimum atomic E-state index is -1.21. The maximum absolute atomic E-state index is 12.1. The number of benzene rings is 1. The Balaban J connectivity index is 2.06. The second-order valence-electron chi connectivity index (χ2n) is 8.74. The van der Waals surface area contributed by atoms with Crippen LogP contribution in [0.5, 0.6) is 0 Å². The Hall–Kier alpha value is -1.29. The summed E-state index contributed by atoms with van der Waals surface area (Å²) in [6.45, 7) is 8.67. The van der Waals surface area contributed by atoms with Crippen LogP contribution in [-0.2, 0) is 25.3 Å². The van der Waals surface area contributed by atoms with Gasteiger partial charge in [-0.15, -0.1) is 0 Å². The summed E-state index contributed by atoms with van der Waals surface area (Å²) in [5.41, 5.74) is 0.947. The summed E-state index contributed by atoms with van der Waals surface area (Å²) in [7, 11) is -0.827. The molecule has 0 aromatic heterocycles. The molecule has 1 aliphatic heterocycles. The van der Waals surface area contributed by atoms with Crippen molar-refractivity contribution < 1.29 is 28.9 Å². The molecule has 1 heterocycles. The largest absolute Gasteiger partial charge is 0.421 e. The number of nitrogens with one attached hydrogen (secondary N) is 1. The molecule has 1 aromatic rings. The fraction of sp³-hybridized carbons (Fsp3) is 0.667. The molecule has 1 aromatic carbocycles. The van der Waals surface area contributed by atoms with E-state index in [1.165, 1.54) is 0 Å². The van der Waals surface area contributed by atoms with Gasteiger partial charge in [-0.2, -0.15) is 0 Å². The zero-order valence-corrected chi connectivity index (χ0v) is 19.3. The summed E-state index contributed by atoms with van der Waals surface area (Å²) >= 11 is 0. The van der Waals surface area contributed by atoms with Crippen LogP contribution in [0.15, 0.2) is 30.3 Å². The Morgan fingerprint density at radius 2 is 1.90 bits per heavy atom. The molecular weight excluding hydrogens is 390 g/mol. The van der Waals surface area contributed by atoms with Gasteiger partial charge in [0.15, 0.2) is 16.1 Å². The van der Waals surface area contributed by atoms with E-state index >= 15 is 0 Å². The molecule has 8 heteroatoms. The lowest BCUT2D eigenvalue weighted by molar-refractivity contribution is -0.272. The second-order valence-corrected chi connectivity index (χ2v) is 11.6. The van der Waals surface area contributed by atoms with Crippen molar-refractivity contribution in [1.82, 2.24) is 5.32 Å². The molecule has 0 bridgehead atoms. The summed E-state index contributed by atoms with van der Waals surface area (Å²) in [5.74, 6) is -0.212. The van der Waals surface area contributed by atoms with E-state index in [0.717, 1.165) is 5.56 Å². The average molecular weight is 426 g/mol. The van der Waals surface area contributed by atoms with Gasteiger partial charge in [-0.25, -0.2) is 0 Å². The number of aliphatic hydroxyl groups excluding tert-OH is 2. The van der Waals surface area contributed by atoms with Crippen LogP contribution >= 0.6 is 0 Å².